The lowest BCUT2D eigenvalue weighted by atomic mass is 9.93. The molecule has 0 aliphatic carbocycles. The number of carbonyl (C=O) groups is 1. The normalized spacial score (nSPS) is 14.4. The molecule has 0 amide bonds. The minimum Gasteiger partial charge on any atom is -0.480 e. The van der Waals surface area contributed by atoms with E-state index < -0.39 is 28.0 Å². The van der Waals surface area contributed by atoms with Crippen LogP contribution in [-0.2, 0) is 14.8 Å². The van der Waals surface area contributed by atoms with Crippen molar-refractivity contribution in [3.8, 4) is 0 Å². The number of H-pyrrole nitrogens is 1. The topological polar surface area (TPSA) is 99.3 Å². The Hall–Kier alpha value is -1.68. The van der Waals surface area contributed by atoms with Crippen LogP contribution in [0.15, 0.2) is 38.5 Å². The number of halogens is 1. The van der Waals surface area contributed by atoms with E-state index in [4.69, 9.17) is 0 Å². The molecule has 144 valence electrons. The summed E-state index contributed by atoms with van der Waals surface area (Å²) in [5, 5.41) is 10.6. The Bertz CT molecular complexity index is 1100. The number of rotatable bonds is 6. The quantitative estimate of drug-likeness (QED) is 0.503. The molecule has 27 heavy (non-hydrogen) atoms. The second kappa shape index (κ2) is 7.38. The number of thiophene rings is 1. The van der Waals surface area contributed by atoms with Crippen molar-refractivity contribution in [2.24, 2.45) is 0 Å². The van der Waals surface area contributed by atoms with Crippen LogP contribution in [-0.4, -0.2) is 30.5 Å². The summed E-state index contributed by atoms with van der Waals surface area (Å²) in [6.45, 7) is 5.46. The highest BCUT2D eigenvalue weighted by molar-refractivity contribution is 9.11. The van der Waals surface area contributed by atoms with Gasteiger partial charge in [0.15, 0.2) is 0 Å². The summed E-state index contributed by atoms with van der Waals surface area (Å²) in [7, 11) is -3.95. The number of aryl methyl sites for hydroxylation is 2. The lowest BCUT2D eigenvalue weighted by Crippen LogP contribution is -2.43. The van der Waals surface area contributed by atoms with Gasteiger partial charge in [-0.1, -0.05) is 19.1 Å². The summed E-state index contributed by atoms with van der Waals surface area (Å²) in [5.74, 6) is -1.79. The SMILES string of the molecule is Cc1ccc2c(C(C)C(NS(=O)(=O)c3cc(C)c(Br)s3)C(=O)O)c[nH]c2c1. The smallest absolute Gasteiger partial charge is 0.322 e. The number of aromatic nitrogens is 1. The molecule has 0 aliphatic rings. The lowest BCUT2D eigenvalue weighted by Gasteiger charge is -2.21. The van der Waals surface area contributed by atoms with Crippen LogP contribution >= 0.6 is 27.3 Å². The average Bonchev–Trinajstić information content (AvgIpc) is 3.15. The average molecular weight is 471 g/mol. The van der Waals surface area contributed by atoms with Gasteiger partial charge in [-0.15, -0.1) is 11.3 Å². The summed E-state index contributed by atoms with van der Waals surface area (Å²) >= 11 is 4.36. The third-order valence-electron chi connectivity index (χ3n) is 4.51. The van der Waals surface area contributed by atoms with E-state index >= 15 is 0 Å². The maximum atomic E-state index is 12.7. The fraction of sp³-hybridized carbons (Fsp3) is 0.278. The molecule has 0 bridgehead atoms. The number of fused-ring (bicyclic) bond motifs is 1. The van der Waals surface area contributed by atoms with Gasteiger partial charge in [-0.25, -0.2) is 8.42 Å². The molecule has 6 nitrogen and oxygen atoms in total. The lowest BCUT2D eigenvalue weighted by molar-refractivity contribution is -0.139. The summed E-state index contributed by atoms with van der Waals surface area (Å²) in [6.07, 6.45) is 1.74. The van der Waals surface area contributed by atoms with Crippen LogP contribution in [0.2, 0.25) is 0 Å². The standard InChI is InChI=1S/C18H19BrN2O4S2/c1-9-4-5-12-13(8-20-14(12)6-9)11(3)16(18(22)23)21-27(24,25)15-7-10(2)17(19)26-15/h4-8,11,16,20-21H,1-3H3,(H,22,23). The number of hydrogen-bond donors (Lipinski definition) is 3. The van der Waals surface area contributed by atoms with Crippen LogP contribution < -0.4 is 4.72 Å². The van der Waals surface area contributed by atoms with Crippen LogP contribution in [0.5, 0.6) is 0 Å². The van der Waals surface area contributed by atoms with E-state index in [1.165, 1.54) is 6.07 Å². The fourth-order valence-corrected chi connectivity index (χ4v) is 6.49. The van der Waals surface area contributed by atoms with Gasteiger partial charge in [0.1, 0.15) is 10.3 Å². The van der Waals surface area contributed by atoms with Crippen LogP contribution in [0.3, 0.4) is 0 Å². The molecule has 0 spiro atoms. The first-order valence-corrected chi connectivity index (χ1v) is 11.3. The second-order valence-corrected chi connectivity index (χ2v) is 10.9. The third kappa shape index (κ3) is 3.96. The molecule has 1 aromatic carbocycles. The molecular weight excluding hydrogens is 452 g/mol. The van der Waals surface area contributed by atoms with Gasteiger partial charge < -0.3 is 10.1 Å². The summed E-state index contributed by atoms with van der Waals surface area (Å²) in [6, 6.07) is 6.06. The summed E-state index contributed by atoms with van der Waals surface area (Å²) < 4.78 is 28.6. The van der Waals surface area contributed by atoms with Crippen LogP contribution in [0.1, 0.15) is 29.5 Å². The van der Waals surface area contributed by atoms with Gasteiger partial charge in [0.2, 0.25) is 0 Å². The van der Waals surface area contributed by atoms with E-state index in [1.54, 1.807) is 20.0 Å². The maximum absolute atomic E-state index is 12.7. The Morgan fingerprint density at radius 1 is 1.30 bits per heavy atom. The highest BCUT2D eigenvalue weighted by Crippen LogP contribution is 2.32. The number of carboxylic acid groups (broad SMARTS) is 1. The van der Waals surface area contributed by atoms with E-state index in [0.29, 0.717) is 3.79 Å². The Morgan fingerprint density at radius 2 is 2.00 bits per heavy atom. The number of aromatic amines is 1. The predicted octanol–water partition coefficient (Wildman–Crippen LogP) is 4.14. The second-order valence-electron chi connectivity index (χ2n) is 6.54. The first-order valence-electron chi connectivity index (χ1n) is 8.19. The van der Waals surface area contributed by atoms with Crippen molar-refractivity contribution in [3.05, 3.63) is 50.9 Å². The highest BCUT2D eigenvalue weighted by Gasteiger charge is 2.33. The molecule has 3 rings (SSSR count). The Morgan fingerprint density at radius 3 is 2.59 bits per heavy atom. The van der Waals surface area contributed by atoms with Gasteiger partial charge in [-0.2, -0.15) is 4.72 Å². The van der Waals surface area contributed by atoms with Gasteiger partial charge in [0, 0.05) is 23.0 Å². The zero-order chi connectivity index (χ0) is 19.9. The van der Waals surface area contributed by atoms with Gasteiger partial charge in [0.25, 0.3) is 10.0 Å². The van der Waals surface area contributed by atoms with Gasteiger partial charge in [-0.3, -0.25) is 4.79 Å². The van der Waals surface area contributed by atoms with Crippen molar-refractivity contribution in [2.75, 3.05) is 0 Å². The Labute approximate surface area is 169 Å². The largest absolute Gasteiger partial charge is 0.480 e. The Kier molecular flexibility index (Phi) is 5.49. The van der Waals surface area contributed by atoms with E-state index in [1.807, 2.05) is 25.1 Å². The van der Waals surface area contributed by atoms with Gasteiger partial charge >= 0.3 is 5.97 Å². The molecule has 2 unspecified atom stereocenters. The van der Waals surface area contributed by atoms with Crippen molar-refractivity contribution in [1.29, 1.82) is 0 Å². The molecule has 0 aliphatic heterocycles. The number of hydrogen-bond acceptors (Lipinski definition) is 4. The van der Waals surface area contributed by atoms with Crippen molar-refractivity contribution < 1.29 is 18.3 Å². The molecule has 0 saturated heterocycles. The van der Waals surface area contributed by atoms with Gasteiger partial charge in [0.05, 0.1) is 3.79 Å². The Balaban J connectivity index is 1.96. The minimum atomic E-state index is -3.95. The molecule has 2 aromatic heterocycles. The molecule has 2 heterocycles. The van der Waals surface area contributed by atoms with Gasteiger partial charge in [-0.05, 0) is 58.6 Å². The van der Waals surface area contributed by atoms with Crippen molar-refractivity contribution in [1.82, 2.24) is 9.71 Å². The summed E-state index contributed by atoms with van der Waals surface area (Å²) in [4.78, 5) is 15.0. The first-order chi connectivity index (χ1) is 12.6. The van der Waals surface area contributed by atoms with Crippen LogP contribution in [0, 0.1) is 13.8 Å². The van der Waals surface area contributed by atoms with Crippen molar-refractivity contribution in [3.63, 3.8) is 0 Å². The molecule has 3 aromatic rings. The minimum absolute atomic E-state index is 0.0832. The number of nitrogens with one attached hydrogen (secondary N) is 2. The molecule has 0 saturated carbocycles. The van der Waals surface area contributed by atoms with Crippen LogP contribution in [0.4, 0.5) is 0 Å². The first kappa shape index (κ1) is 20.1. The molecular formula is C18H19BrN2O4S2. The zero-order valence-corrected chi connectivity index (χ0v) is 18.1. The predicted molar refractivity (Wildman–Crippen MR) is 110 cm³/mol. The van der Waals surface area contributed by atoms with Crippen LogP contribution in [0.25, 0.3) is 10.9 Å². The number of benzene rings is 1. The van der Waals surface area contributed by atoms with E-state index in [0.717, 1.165) is 38.9 Å². The molecule has 9 heteroatoms. The number of carboxylic acids is 1. The summed E-state index contributed by atoms with van der Waals surface area (Å²) in [5.41, 5.74) is 3.51. The third-order valence-corrected chi connectivity index (χ3v) is 8.56. The highest BCUT2D eigenvalue weighted by atomic mass is 79.9. The van der Waals surface area contributed by atoms with E-state index in [9.17, 15) is 18.3 Å². The molecule has 0 fully saturated rings. The zero-order valence-electron chi connectivity index (χ0n) is 14.9. The fourth-order valence-electron chi connectivity index (χ4n) is 2.97. The molecule has 0 radical (unpaired) electrons. The maximum Gasteiger partial charge on any atom is 0.322 e. The number of aliphatic carboxylic acids is 1. The van der Waals surface area contributed by atoms with Crippen molar-refractivity contribution >= 4 is 54.2 Å². The number of sulfonamides is 1. The van der Waals surface area contributed by atoms with E-state index in [-0.39, 0.29) is 4.21 Å². The molecule has 3 N–H and O–H groups in total. The van der Waals surface area contributed by atoms with Crippen molar-refractivity contribution in [2.45, 2.75) is 36.9 Å². The monoisotopic (exact) mass is 470 g/mol. The van der Waals surface area contributed by atoms with E-state index in [2.05, 4.69) is 25.6 Å². The molecule has 2 atom stereocenters.